The van der Waals surface area contributed by atoms with Crippen molar-refractivity contribution in [3.8, 4) is 11.8 Å². The number of carbonyl (C=O) groups excluding carboxylic acids is 1. The summed E-state index contributed by atoms with van der Waals surface area (Å²) in [5.74, 6) is 5.94. The van der Waals surface area contributed by atoms with Gasteiger partial charge >= 0.3 is 0 Å². The van der Waals surface area contributed by atoms with E-state index in [4.69, 9.17) is 0 Å². The minimum absolute atomic E-state index is 0.125. The molecule has 2 heteroatoms. The lowest BCUT2D eigenvalue weighted by Crippen LogP contribution is -2.29. The van der Waals surface area contributed by atoms with E-state index >= 15 is 0 Å². The Kier molecular flexibility index (Phi) is 6.18. The summed E-state index contributed by atoms with van der Waals surface area (Å²) >= 11 is 0. The van der Waals surface area contributed by atoms with Crippen LogP contribution in [0.5, 0.6) is 0 Å². The van der Waals surface area contributed by atoms with Crippen molar-refractivity contribution in [2.75, 3.05) is 6.54 Å². The zero-order valence-electron chi connectivity index (χ0n) is 8.11. The zero-order chi connectivity index (χ0) is 9.40. The van der Waals surface area contributed by atoms with E-state index in [1.807, 2.05) is 13.8 Å². The maximum Gasteiger partial charge on any atom is 0.222 e. The molecular formula is C10H17NO. The molecular weight excluding hydrogens is 150 g/mol. The third-order valence-corrected chi connectivity index (χ3v) is 1.79. The summed E-state index contributed by atoms with van der Waals surface area (Å²) in [7, 11) is 0. The summed E-state index contributed by atoms with van der Waals surface area (Å²) in [6, 6.07) is 0. The third kappa shape index (κ3) is 4.79. The van der Waals surface area contributed by atoms with E-state index in [0.717, 1.165) is 12.8 Å². The molecule has 68 valence electrons. The highest BCUT2D eigenvalue weighted by Gasteiger charge is 2.07. The largest absolute Gasteiger partial charge is 0.355 e. The van der Waals surface area contributed by atoms with Gasteiger partial charge in [-0.2, -0.15) is 0 Å². The normalized spacial score (nSPS) is 11.2. The van der Waals surface area contributed by atoms with E-state index in [1.165, 1.54) is 0 Å². The molecule has 0 aliphatic rings. The lowest BCUT2D eigenvalue weighted by Gasteiger charge is -2.07. The van der Waals surface area contributed by atoms with Crippen molar-refractivity contribution in [1.29, 1.82) is 0 Å². The van der Waals surface area contributed by atoms with Gasteiger partial charge in [-0.05, 0) is 13.3 Å². The van der Waals surface area contributed by atoms with E-state index in [9.17, 15) is 4.79 Å². The maximum atomic E-state index is 11.2. The first-order chi connectivity index (χ1) is 5.72. The Hall–Kier alpha value is -0.970. The van der Waals surface area contributed by atoms with Crippen LogP contribution >= 0.6 is 0 Å². The van der Waals surface area contributed by atoms with Crippen LogP contribution in [-0.2, 0) is 4.79 Å². The molecule has 0 aliphatic carbocycles. The number of carbonyl (C=O) groups is 1. The standard InChI is InChI=1S/C10H17NO/c1-4-6-7-8-11-10(12)9(3)5-2/h9H,5,7-8H2,1-3H3,(H,11,12). The van der Waals surface area contributed by atoms with Crippen LogP contribution in [0, 0.1) is 17.8 Å². The Morgan fingerprint density at radius 3 is 2.75 bits per heavy atom. The lowest BCUT2D eigenvalue weighted by atomic mass is 10.1. The number of hydrogen-bond acceptors (Lipinski definition) is 1. The highest BCUT2D eigenvalue weighted by atomic mass is 16.1. The Labute approximate surface area is 74.7 Å². The topological polar surface area (TPSA) is 29.1 Å². The van der Waals surface area contributed by atoms with Crippen LogP contribution in [0.3, 0.4) is 0 Å². The van der Waals surface area contributed by atoms with Crippen LogP contribution in [0.25, 0.3) is 0 Å². The molecule has 0 bridgehead atoms. The fraction of sp³-hybridized carbons (Fsp3) is 0.700. The molecule has 0 aliphatic heterocycles. The van der Waals surface area contributed by atoms with E-state index in [1.54, 1.807) is 6.92 Å². The van der Waals surface area contributed by atoms with Gasteiger partial charge in [-0.25, -0.2) is 0 Å². The van der Waals surface area contributed by atoms with Gasteiger partial charge in [0.2, 0.25) is 5.91 Å². The van der Waals surface area contributed by atoms with Crippen molar-refractivity contribution < 1.29 is 4.79 Å². The number of rotatable bonds is 4. The molecule has 0 saturated heterocycles. The van der Waals surface area contributed by atoms with Crippen molar-refractivity contribution >= 4 is 5.91 Å². The molecule has 0 radical (unpaired) electrons. The summed E-state index contributed by atoms with van der Waals surface area (Å²) in [6.45, 7) is 6.41. The molecule has 0 aromatic heterocycles. The van der Waals surface area contributed by atoms with Crippen LogP contribution in [0.2, 0.25) is 0 Å². The first-order valence-electron chi connectivity index (χ1n) is 4.39. The molecule has 0 aromatic carbocycles. The fourth-order valence-electron chi connectivity index (χ4n) is 0.733. The van der Waals surface area contributed by atoms with E-state index < -0.39 is 0 Å². The van der Waals surface area contributed by atoms with Crippen molar-refractivity contribution in [1.82, 2.24) is 5.32 Å². The average Bonchev–Trinajstić information content (AvgIpc) is 2.10. The average molecular weight is 167 g/mol. The van der Waals surface area contributed by atoms with Gasteiger partial charge in [0.25, 0.3) is 0 Å². The maximum absolute atomic E-state index is 11.2. The molecule has 1 amide bonds. The molecule has 12 heavy (non-hydrogen) atoms. The SMILES string of the molecule is CC#CCCNC(=O)C(C)CC. The van der Waals surface area contributed by atoms with Crippen LogP contribution in [-0.4, -0.2) is 12.5 Å². The summed E-state index contributed by atoms with van der Waals surface area (Å²) in [5.41, 5.74) is 0. The molecule has 1 unspecified atom stereocenters. The van der Waals surface area contributed by atoms with E-state index in [2.05, 4.69) is 17.2 Å². The van der Waals surface area contributed by atoms with E-state index in [-0.39, 0.29) is 11.8 Å². The summed E-state index contributed by atoms with van der Waals surface area (Å²) < 4.78 is 0. The lowest BCUT2D eigenvalue weighted by molar-refractivity contribution is -0.124. The summed E-state index contributed by atoms with van der Waals surface area (Å²) in [5, 5.41) is 2.83. The second-order valence-corrected chi connectivity index (χ2v) is 2.78. The van der Waals surface area contributed by atoms with Gasteiger partial charge in [0.1, 0.15) is 0 Å². The quantitative estimate of drug-likeness (QED) is 0.499. The monoisotopic (exact) mass is 167 g/mol. The number of amides is 1. The Bertz CT molecular complexity index is 188. The van der Waals surface area contributed by atoms with E-state index in [0.29, 0.717) is 6.54 Å². The first kappa shape index (κ1) is 11.0. The molecule has 0 rings (SSSR count). The van der Waals surface area contributed by atoms with Crippen molar-refractivity contribution in [2.45, 2.75) is 33.6 Å². The molecule has 0 spiro atoms. The molecule has 0 aromatic rings. The Morgan fingerprint density at radius 2 is 2.25 bits per heavy atom. The first-order valence-corrected chi connectivity index (χ1v) is 4.39. The van der Waals surface area contributed by atoms with Gasteiger partial charge in [0.05, 0.1) is 0 Å². The molecule has 0 fully saturated rings. The second kappa shape index (κ2) is 6.72. The Morgan fingerprint density at radius 1 is 1.58 bits per heavy atom. The van der Waals surface area contributed by atoms with Crippen LogP contribution < -0.4 is 5.32 Å². The second-order valence-electron chi connectivity index (χ2n) is 2.78. The van der Waals surface area contributed by atoms with Gasteiger partial charge in [-0.3, -0.25) is 4.79 Å². The van der Waals surface area contributed by atoms with Crippen molar-refractivity contribution in [3.05, 3.63) is 0 Å². The smallest absolute Gasteiger partial charge is 0.222 e. The molecule has 1 N–H and O–H groups in total. The predicted molar refractivity (Wildman–Crippen MR) is 50.5 cm³/mol. The van der Waals surface area contributed by atoms with Gasteiger partial charge in [0.15, 0.2) is 0 Å². The van der Waals surface area contributed by atoms with Crippen LogP contribution in [0.15, 0.2) is 0 Å². The molecule has 1 atom stereocenters. The van der Waals surface area contributed by atoms with Gasteiger partial charge < -0.3 is 5.32 Å². The number of hydrogen-bond donors (Lipinski definition) is 1. The van der Waals surface area contributed by atoms with Crippen molar-refractivity contribution in [3.63, 3.8) is 0 Å². The minimum atomic E-state index is 0.125. The fourth-order valence-corrected chi connectivity index (χ4v) is 0.733. The predicted octanol–water partition coefficient (Wildman–Crippen LogP) is 1.56. The number of nitrogens with one attached hydrogen (secondary N) is 1. The van der Waals surface area contributed by atoms with Gasteiger partial charge in [-0.15, -0.1) is 11.8 Å². The molecule has 2 nitrogen and oxygen atoms in total. The summed E-state index contributed by atoms with van der Waals surface area (Å²) in [6.07, 6.45) is 1.64. The zero-order valence-corrected chi connectivity index (χ0v) is 8.11. The van der Waals surface area contributed by atoms with Gasteiger partial charge in [-0.1, -0.05) is 13.8 Å². The summed E-state index contributed by atoms with van der Waals surface area (Å²) in [4.78, 5) is 11.2. The third-order valence-electron chi connectivity index (χ3n) is 1.79. The van der Waals surface area contributed by atoms with Crippen LogP contribution in [0.1, 0.15) is 33.6 Å². The van der Waals surface area contributed by atoms with Crippen LogP contribution in [0.4, 0.5) is 0 Å². The minimum Gasteiger partial charge on any atom is -0.355 e. The highest BCUT2D eigenvalue weighted by molar-refractivity contribution is 5.78. The Balaban J connectivity index is 3.48. The molecule has 0 heterocycles. The molecule has 0 saturated carbocycles. The highest BCUT2D eigenvalue weighted by Crippen LogP contribution is 1.98. The van der Waals surface area contributed by atoms with Gasteiger partial charge in [0, 0.05) is 18.9 Å². The van der Waals surface area contributed by atoms with Crippen molar-refractivity contribution in [2.24, 2.45) is 5.92 Å².